The maximum absolute atomic E-state index is 12.5. The van der Waals surface area contributed by atoms with Gasteiger partial charge in [-0.05, 0) is 24.1 Å². The first kappa shape index (κ1) is 16.9. The number of nitrogens with zero attached hydrogens (tertiary/aromatic N) is 3. The van der Waals surface area contributed by atoms with Crippen molar-refractivity contribution in [2.75, 3.05) is 5.32 Å². The molecule has 0 fully saturated rings. The monoisotopic (exact) mass is 336 g/mol. The van der Waals surface area contributed by atoms with Crippen molar-refractivity contribution in [2.24, 2.45) is 0 Å². The van der Waals surface area contributed by atoms with Crippen LogP contribution in [0.1, 0.15) is 24.5 Å². The Balaban J connectivity index is 1.71. The number of nitrogens with one attached hydrogen (secondary N) is 1. The van der Waals surface area contributed by atoms with Crippen molar-refractivity contribution in [1.82, 2.24) is 14.8 Å². The molecule has 6 nitrogen and oxygen atoms in total. The Morgan fingerprint density at radius 2 is 1.88 bits per heavy atom. The molecule has 2 aromatic carbocycles. The van der Waals surface area contributed by atoms with Crippen LogP contribution in [0.15, 0.2) is 67.3 Å². The number of aliphatic hydroxyl groups is 1. The number of hydrogen-bond acceptors (Lipinski definition) is 4. The van der Waals surface area contributed by atoms with Gasteiger partial charge in [0, 0.05) is 5.69 Å². The molecule has 0 aliphatic heterocycles. The lowest BCUT2D eigenvalue weighted by Crippen LogP contribution is -2.28. The van der Waals surface area contributed by atoms with Crippen LogP contribution in [0.5, 0.6) is 0 Å². The van der Waals surface area contributed by atoms with E-state index >= 15 is 0 Å². The van der Waals surface area contributed by atoms with Crippen molar-refractivity contribution in [3.05, 3.63) is 78.4 Å². The fraction of sp³-hybridized carbons (Fsp3) is 0.211. The number of benzene rings is 2. The Labute approximate surface area is 146 Å². The molecule has 2 N–H and O–H groups in total. The van der Waals surface area contributed by atoms with Crippen LogP contribution in [0, 0.1) is 0 Å². The van der Waals surface area contributed by atoms with E-state index in [0.717, 1.165) is 5.56 Å². The lowest BCUT2D eigenvalue weighted by molar-refractivity contribution is -0.120. The van der Waals surface area contributed by atoms with Crippen LogP contribution < -0.4 is 5.32 Å². The van der Waals surface area contributed by atoms with Crippen LogP contribution >= 0.6 is 0 Å². The molecule has 25 heavy (non-hydrogen) atoms. The van der Waals surface area contributed by atoms with Crippen LogP contribution in [0.2, 0.25) is 0 Å². The summed E-state index contributed by atoms with van der Waals surface area (Å²) >= 11 is 0. The molecule has 0 aliphatic rings. The predicted molar refractivity (Wildman–Crippen MR) is 94.8 cm³/mol. The second kappa shape index (κ2) is 7.27. The zero-order chi connectivity index (χ0) is 17.7. The quantitative estimate of drug-likeness (QED) is 0.725. The Morgan fingerprint density at radius 1 is 1.16 bits per heavy atom. The molecule has 1 unspecified atom stereocenters. The number of carbonyl (C=O) groups excluding carboxylic acids is 1. The van der Waals surface area contributed by atoms with Gasteiger partial charge in [0.15, 0.2) is 0 Å². The second-order valence-corrected chi connectivity index (χ2v) is 6.12. The molecule has 0 saturated carbocycles. The van der Waals surface area contributed by atoms with Crippen LogP contribution in [0.25, 0.3) is 0 Å². The van der Waals surface area contributed by atoms with E-state index in [0.29, 0.717) is 17.8 Å². The van der Waals surface area contributed by atoms with Gasteiger partial charge in [-0.1, -0.05) is 48.5 Å². The van der Waals surface area contributed by atoms with Crippen LogP contribution in [-0.4, -0.2) is 25.8 Å². The van der Waals surface area contributed by atoms with Crippen molar-refractivity contribution in [1.29, 1.82) is 0 Å². The molecule has 1 heterocycles. The second-order valence-electron chi connectivity index (χ2n) is 6.12. The Hall–Kier alpha value is -2.99. The van der Waals surface area contributed by atoms with Gasteiger partial charge >= 0.3 is 0 Å². The van der Waals surface area contributed by atoms with Crippen LogP contribution in [0.3, 0.4) is 0 Å². The number of carbonyl (C=O) groups is 1. The molecular formula is C19H20N4O2. The smallest absolute Gasteiger partial charge is 0.227 e. The first-order chi connectivity index (χ1) is 12.0. The van der Waals surface area contributed by atoms with E-state index in [2.05, 4.69) is 15.4 Å². The maximum Gasteiger partial charge on any atom is 0.227 e. The number of hydrogen-bond donors (Lipinski definition) is 2. The maximum atomic E-state index is 12.5. The van der Waals surface area contributed by atoms with Crippen molar-refractivity contribution in [3.8, 4) is 0 Å². The van der Waals surface area contributed by atoms with Gasteiger partial charge in [0.25, 0.3) is 0 Å². The topological polar surface area (TPSA) is 80.0 Å². The summed E-state index contributed by atoms with van der Waals surface area (Å²) in [6.45, 7) is 2.15. The third-order valence-electron chi connectivity index (χ3n) is 3.99. The number of anilines is 1. The van der Waals surface area contributed by atoms with Gasteiger partial charge in [0.2, 0.25) is 5.91 Å². The first-order valence-corrected chi connectivity index (χ1v) is 8.03. The molecule has 3 aromatic rings. The third kappa shape index (κ3) is 4.30. The largest absolute Gasteiger partial charge is 0.385 e. The van der Waals surface area contributed by atoms with Crippen LogP contribution in [-0.2, 0) is 16.9 Å². The van der Waals surface area contributed by atoms with Gasteiger partial charge in [0.1, 0.15) is 12.7 Å². The van der Waals surface area contributed by atoms with Gasteiger partial charge in [-0.3, -0.25) is 4.79 Å². The lowest BCUT2D eigenvalue weighted by Gasteiger charge is -2.23. The molecule has 6 heteroatoms. The molecule has 0 saturated heterocycles. The summed E-state index contributed by atoms with van der Waals surface area (Å²) in [5.74, 6) is -0.250. The highest BCUT2D eigenvalue weighted by atomic mass is 16.3. The van der Waals surface area contributed by atoms with E-state index in [1.54, 1.807) is 17.9 Å². The minimum absolute atomic E-state index is 0.0331. The zero-order valence-corrected chi connectivity index (χ0v) is 14.0. The molecule has 3 rings (SSSR count). The fourth-order valence-electron chi connectivity index (χ4n) is 2.68. The minimum Gasteiger partial charge on any atom is -0.385 e. The Kier molecular flexibility index (Phi) is 4.90. The normalized spacial score (nSPS) is 13.2. The summed E-state index contributed by atoms with van der Waals surface area (Å²) in [6, 6.07) is 16.7. The molecular weight excluding hydrogens is 316 g/mol. The van der Waals surface area contributed by atoms with E-state index in [4.69, 9.17) is 0 Å². The highest BCUT2D eigenvalue weighted by Crippen LogP contribution is 2.25. The van der Waals surface area contributed by atoms with E-state index < -0.39 is 5.60 Å². The average molecular weight is 336 g/mol. The molecule has 1 aromatic heterocycles. The summed E-state index contributed by atoms with van der Waals surface area (Å²) in [5, 5.41) is 17.6. The number of amides is 1. The molecule has 0 spiro atoms. The van der Waals surface area contributed by atoms with Crippen molar-refractivity contribution >= 4 is 11.6 Å². The van der Waals surface area contributed by atoms with Gasteiger partial charge in [0.05, 0.1) is 18.6 Å². The fourth-order valence-corrected chi connectivity index (χ4v) is 2.68. The predicted octanol–water partition coefficient (Wildman–Crippen LogP) is 2.56. The number of para-hydroxylation sites is 1. The van der Waals surface area contributed by atoms with Gasteiger partial charge in [-0.25, -0.2) is 9.67 Å². The SMILES string of the molecule is CC(O)(CC(=O)Nc1ccccc1Cn1cncn1)c1ccccc1. The lowest BCUT2D eigenvalue weighted by atomic mass is 9.92. The van der Waals surface area contributed by atoms with Gasteiger partial charge in [-0.15, -0.1) is 0 Å². The number of aromatic nitrogens is 3. The summed E-state index contributed by atoms with van der Waals surface area (Å²) in [7, 11) is 0. The van der Waals surface area contributed by atoms with Crippen molar-refractivity contribution < 1.29 is 9.90 Å². The van der Waals surface area contributed by atoms with Gasteiger partial charge < -0.3 is 10.4 Å². The standard InChI is InChI=1S/C19H20N4O2/c1-19(25,16-8-3-2-4-9-16)11-18(24)22-17-10-6-5-7-15(17)12-23-14-20-13-21-23/h2-10,13-14,25H,11-12H2,1H3,(H,22,24). The molecule has 1 atom stereocenters. The van der Waals surface area contributed by atoms with E-state index in [1.165, 1.54) is 6.33 Å². The first-order valence-electron chi connectivity index (χ1n) is 8.03. The molecule has 0 aliphatic carbocycles. The summed E-state index contributed by atoms with van der Waals surface area (Å²) < 4.78 is 1.69. The van der Waals surface area contributed by atoms with E-state index in [9.17, 15) is 9.90 Å². The minimum atomic E-state index is -1.23. The molecule has 1 amide bonds. The summed E-state index contributed by atoms with van der Waals surface area (Å²) in [6.07, 6.45) is 3.06. The zero-order valence-electron chi connectivity index (χ0n) is 14.0. The summed E-state index contributed by atoms with van der Waals surface area (Å²) in [4.78, 5) is 16.4. The highest BCUT2D eigenvalue weighted by molar-refractivity contribution is 5.92. The number of rotatable bonds is 6. The van der Waals surface area contributed by atoms with Crippen molar-refractivity contribution in [3.63, 3.8) is 0 Å². The van der Waals surface area contributed by atoms with Gasteiger partial charge in [-0.2, -0.15) is 5.10 Å². The van der Waals surface area contributed by atoms with Crippen molar-refractivity contribution in [2.45, 2.75) is 25.5 Å². The van der Waals surface area contributed by atoms with E-state index in [1.807, 2.05) is 54.6 Å². The highest BCUT2D eigenvalue weighted by Gasteiger charge is 2.26. The molecule has 0 radical (unpaired) electrons. The Bertz CT molecular complexity index is 830. The molecule has 0 bridgehead atoms. The molecule has 128 valence electrons. The Morgan fingerprint density at radius 3 is 2.60 bits per heavy atom. The van der Waals surface area contributed by atoms with E-state index in [-0.39, 0.29) is 12.3 Å². The van der Waals surface area contributed by atoms with Crippen LogP contribution in [0.4, 0.5) is 5.69 Å². The third-order valence-corrected chi connectivity index (χ3v) is 3.99. The summed E-state index contributed by atoms with van der Waals surface area (Å²) in [5.41, 5.74) is 1.10. The average Bonchev–Trinajstić information content (AvgIpc) is 3.10.